The van der Waals surface area contributed by atoms with Gasteiger partial charge in [0.2, 0.25) is 0 Å². The van der Waals surface area contributed by atoms with Crippen LogP contribution in [0.5, 0.6) is 0 Å². The topological polar surface area (TPSA) is 0 Å². The second-order valence-electron chi connectivity index (χ2n) is 6.59. The summed E-state index contributed by atoms with van der Waals surface area (Å²) in [7, 11) is 0. The third-order valence-corrected chi connectivity index (χ3v) is 4.63. The van der Waals surface area contributed by atoms with Crippen LogP contribution < -0.4 is 0 Å². The van der Waals surface area contributed by atoms with Crippen molar-refractivity contribution in [3.63, 3.8) is 0 Å². The molecule has 0 radical (unpaired) electrons. The molecule has 2 unspecified atom stereocenters. The van der Waals surface area contributed by atoms with Crippen molar-refractivity contribution >= 4 is 0 Å². The van der Waals surface area contributed by atoms with Crippen LogP contribution in [-0.4, -0.2) is 0 Å². The summed E-state index contributed by atoms with van der Waals surface area (Å²) >= 11 is 0. The highest BCUT2D eigenvalue weighted by molar-refractivity contribution is 4.75. The Hall–Kier alpha value is 0. The van der Waals surface area contributed by atoms with Crippen LogP contribution >= 0.6 is 0 Å². The van der Waals surface area contributed by atoms with Gasteiger partial charge in [-0.25, -0.2) is 0 Å². The maximum absolute atomic E-state index is 2.51. The summed E-state index contributed by atoms with van der Waals surface area (Å²) in [5.74, 6) is 1.82. The normalized spacial score (nSPS) is 15.9. The van der Waals surface area contributed by atoms with Gasteiger partial charge in [-0.15, -0.1) is 0 Å². The van der Waals surface area contributed by atoms with Gasteiger partial charge in [-0.2, -0.15) is 0 Å². The van der Waals surface area contributed by atoms with E-state index in [-0.39, 0.29) is 0 Å². The molecule has 0 aliphatic carbocycles. The molecule has 0 saturated carbocycles. The molecule has 0 aliphatic rings. The van der Waals surface area contributed by atoms with Crippen LogP contribution in [-0.2, 0) is 0 Å². The Bertz CT molecular complexity index is 165. The van der Waals surface area contributed by atoms with E-state index >= 15 is 0 Å². The molecule has 0 spiro atoms. The average Bonchev–Trinajstić information content (AvgIpc) is 2.27. The predicted octanol–water partition coefficient (Wildman–Crippen LogP) is 6.45. The van der Waals surface area contributed by atoms with Crippen molar-refractivity contribution in [3.8, 4) is 0 Å². The predicted molar refractivity (Wildman–Crippen MR) is 80.4 cm³/mol. The first-order valence-corrected chi connectivity index (χ1v) is 7.99. The van der Waals surface area contributed by atoms with Crippen molar-refractivity contribution in [2.45, 2.75) is 92.9 Å². The van der Waals surface area contributed by atoms with E-state index in [2.05, 4.69) is 41.5 Å². The van der Waals surface area contributed by atoms with Crippen LogP contribution in [0.25, 0.3) is 0 Å². The Morgan fingerprint density at radius 1 is 0.706 bits per heavy atom. The maximum Gasteiger partial charge on any atom is -0.0326 e. The van der Waals surface area contributed by atoms with Gasteiger partial charge >= 0.3 is 0 Å². The van der Waals surface area contributed by atoms with Crippen LogP contribution in [0.3, 0.4) is 0 Å². The van der Waals surface area contributed by atoms with Crippen LogP contribution in [0, 0.1) is 17.3 Å². The van der Waals surface area contributed by atoms with Crippen LogP contribution in [0.1, 0.15) is 92.9 Å². The van der Waals surface area contributed by atoms with Gasteiger partial charge in [0.25, 0.3) is 0 Å². The van der Waals surface area contributed by atoms with E-state index in [1.54, 1.807) is 0 Å². The number of hydrogen-bond donors (Lipinski definition) is 0. The summed E-state index contributed by atoms with van der Waals surface area (Å²) in [6, 6.07) is 0. The lowest BCUT2D eigenvalue weighted by atomic mass is 9.74. The molecular formula is C17H36. The molecule has 0 rings (SSSR count). The van der Waals surface area contributed by atoms with Gasteiger partial charge in [0, 0.05) is 0 Å². The van der Waals surface area contributed by atoms with E-state index in [1.807, 2.05) is 0 Å². The lowest BCUT2D eigenvalue weighted by Crippen LogP contribution is -2.19. The summed E-state index contributed by atoms with van der Waals surface area (Å²) in [4.78, 5) is 0. The van der Waals surface area contributed by atoms with E-state index in [0.717, 1.165) is 11.8 Å². The largest absolute Gasteiger partial charge is 0.0654 e. The highest BCUT2D eigenvalue weighted by Gasteiger charge is 2.23. The van der Waals surface area contributed by atoms with Crippen molar-refractivity contribution in [2.24, 2.45) is 17.3 Å². The summed E-state index contributed by atoms with van der Waals surface area (Å²) in [5, 5.41) is 0. The molecular weight excluding hydrogens is 204 g/mol. The lowest BCUT2D eigenvalue weighted by Gasteiger charge is -2.31. The van der Waals surface area contributed by atoms with Crippen molar-refractivity contribution in [2.75, 3.05) is 0 Å². The molecule has 0 N–H and O–H groups in total. The highest BCUT2D eigenvalue weighted by Crippen LogP contribution is 2.36. The van der Waals surface area contributed by atoms with Crippen LogP contribution in [0.15, 0.2) is 0 Å². The molecule has 104 valence electrons. The molecule has 17 heavy (non-hydrogen) atoms. The molecule has 0 amide bonds. The number of hydrogen-bond acceptors (Lipinski definition) is 0. The van der Waals surface area contributed by atoms with Gasteiger partial charge in [-0.05, 0) is 42.9 Å². The molecule has 0 aromatic rings. The lowest BCUT2D eigenvalue weighted by molar-refractivity contribution is 0.205. The van der Waals surface area contributed by atoms with Crippen LogP contribution in [0.4, 0.5) is 0 Å². The summed E-state index contributed by atoms with van der Waals surface area (Å²) in [6.45, 7) is 14.4. The number of rotatable bonds is 10. The molecule has 0 aliphatic heterocycles. The average molecular weight is 240 g/mol. The standard InChI is InChI=1S/C17H36/c1-7-10-15(4)16(5)11-14-17(6,12-8-2)13-9-3/h15-16H,7-14H2,1-6H3. The Morgan fingerprint density at radius 2 is 1.18 bits per heavy atom. The maximum atomic E-state index is 2.51. The quantitative estimate of drug-likeness (QED) is 0.412. The monoisotopic (exact) mass is 240 g/mol. The summed E-state index contributed by atoms with van der Waals surface area (Å²) in [5.41, 5.74) is 0.615. The SMILES string of the molecule is CCCC(C)C(C)CCC(C)(CCC)CCC. The zero-order valence-electron chi connectivity index (χ0n) is 13.3. The first-order chi connectivity index (χ1) is 7.99. The van der Waals surface area contributed by atoms with Gasteiger partial charge in [-0.1, -0.05) is 67.2 Å². The third-order valence-electron chi connectivity index (χ3n) is 4.63. The third kappa shape index (κ3) is 7.11. The summed E-state index contributed by atoms with van der Waals surface area (Å²) < 4.78 is 0. The Kier molecular flexibility index (Phi) is 9.00. The Balaban J connectivity index is 4.10. The first-order valence-electron chi connectivity index (χ1n) is 7.99. The molecule has 2 atom stereocenters. The first kappa shape index (κ1) is 17.0. The van der Waals surface area contributed by atoms with Crippen LogP contribution in [0.2, 0.25) is 0 Å². The minimum absolute atomic E-state index is 0.615. The van der Waals surface area contributed by atoms with E-state index in [1.165, 1.54) is 51.4 Å². The minimum Gasteiger partial charge on any atom is -0.0654 e. The van der Waals surface area contributed by atoms with Gasteiger partial charge in [0.15, 0.2) is 0 Å². The fourth-order valence-corrected chi connectivity index (χ4v) is 3.18. The second kappa shape index (κ2) is 9.00. The fourth-order valence-electron chi connectivity index (χ4n) is 3.18. The molecule has 0 fully saturated rings. The van der Waals surface area contributed by atoms with Gasteiger partial charge < -0.3 is 0 Å². The zero-order valence-corrected chi connectivity index (χ0v) is 13.3. The van der Waals surface area contributed by atoms with Crippen molar-refractivity contribution in [3.05, 3.63) is 0 Å². The van der Waals surface area contributed by atoms with Crippen molar-refractivity contribution < 1.29 is 0 Å². The van der Waals surface area contributed by atoms with Crippen molar-refractivity contribution in [1.29, 1.82) is 0 Å². The Labute approximate surface area is 111 Å². The Morgan fingerprint density at radius 3 is 1.59 bits per heavy atom. The molecule has 0 heterocycles. The van der Waals surface area contributed by atoms with Crippen molar-refractivity contribution in [1.82, 2.24) is 0 Å². The fraction of sp³-hybridized carbons (Fsp3) is 1.00. The van der Waals surface area contributed by atoms with Gasteiger partial charge in [0.1, 0.15) is 0 Å². The van der Waals surface area contributed by atoms with E-state index in [4.69, 9.17) is 0 Å². The molecule has 0 heteroatoms. The van der Waals surface area contributed by atoms with Gasteiger partial charge in [0.05, 0.1) is 0 Å². The van der Waals surface area contributed by atoms with E-state index in [0.29, 0.717) is 5.41 Å². The van der Waals surface area contributed by atoms with E-state index in [9.17, 15) is 0 Å². The molecule has 0 aromatic heterocycles. The highest BCUT2D eigenvalue weighted by atomic mass is 14.3. The zero-order chi connectivity index (χ0) is 13.3. The smallest absolute Gasteiger partial charge is 0.0326 e. The molecule has 0 aromatic carbocycles. The summed E-state index contributed by atoms with van der Waals surface area (Å²) in [6.07, 6.45) is 11.1. The molecule has 0 saturated heterocycles. The second-order valence-corrected chi connectivity index (χ2v) is 6.59. The van der Waals surface area contributed by atoms with E-state index < -0.39 is 0 Å². The van der Waals surface area contributed by atoms with Gasteiger partial charge in [-0.3, -0.25) is 0 Å². The molecule has 0 nitrogen and oxygen atoms in total. The molecule has 0 bridgehead atoms. The minimum atomic E-state index is 0.615.